The summed E-state index contributed by atoms with van der Waals surface area (Å²) in [5.41, 5.74) is 1.47. The van der Waals surface area contributed by atoms with E-state index in [2.05, 4.69) is 20.4 Å². The highest BCUT2D eigenvalue weighted by Crippen LogP contribution is 2.19. The molecule has 2 amide bonds. The first-order valence-corrected chi connectivity index (χ1v) is 9.30. The molecule has 0 aliphatic heterocycles. The van der Waals surface area contributed by atoms with Crippen molar-refractivity contribution in [3.05, 3.63) is 65.5 Å². The zero-order valence-electron chi connectivity index (χ0n) is 16.3. The lowest BCUT2D eigenvalue weighted by molar-refractivity contribution is 0.0600. The summed E-state index contributed by atoms with van der Waals surface area (Å²) in [5.74, 6) is -1.06. The van der Waals surface area contributed by atoms with E-state index in [0.29, 0.717) is 23.3 Å². The molecule has 0 radical (unpaired) electrons. The molecule has 3 aromatic rings. The zero-order valence-corrected chi connectivity index (χ0v) is 16.3. The molecular formula is C21H22N4O4. The Morgan fingerprint density at radius 1 is 1.03 bits per heavy atom. The maximum Gasteiger partial charge on any atom is 0.337 e. The van der Waals surface area contributed by atoms with E-state index in [0.717, 1.165) is 12.8 Å². The lowest BCUT2D eigenvalue weighted by atomic mass is 10.1. The quantitative estimate of drug-likeness (QED) is 0.474. The molecule has 1 aromatic carbocycles. The predicted octanol–water partition coefficient (Wildman–Crippen LogP) is 2.90. The van der Waals surface area contributed by atoms with Crippen LogP contribution in [0.15, 0.2) is 48.7 Å². The lowest BCUT2D eigenvalue weighted by Crippen LogP contribution is -2.27. The van der Waals surface area contributed by atoms with Crippen molar-refractivity contribution in [2.45, 2.75) is 19.8 Å². The summed E-state index contributed by atoms with van der Waals surface area (Å²) >= 11 is 0. The number of unbranched alkanes of at least 4 members (excludes halogenated alkanes) is 1. The molecule has 0 aliphatic carbocycles. The molecule has 8 nitrogen and oxygen atoms in total. The fourth-order valence-electron chi connectivity index (χ4n) is 2.82. The van der Waals surface area contributed by atoms with Crippen LogP contribution in [-0.2, 0) is 4.74 Å². The maximum absolute atomic E-state index is 12.7. The van der Waals surface area contributed by atoms with Gasteiger partial charge in [-0.2, -0.15) is 0 Å². The first-order chi connectivity index (χ1) is 14.0. The molecule has 2 heterocycles. The third kappa shape index (κ3) is 4.43. The van der Waals surface area contributed by atoms with Gasteiger partial charge in [-0.1, -0.05) is 19.4 Å². The summed E-state index contributed by atoms with van der Waals surface area (Å²) in [6.07, 6.45) is 3.53. The number of fused-ring (bicyclic) bond motifs is 1. The number of pyridine rings is 1. The number of rotatable bonds is 7. The summed E-state index contributed by atoms with van der Waals surface area (Å²) in [6.45, 7) is 2.58. The number of esters is 1. The molecule has 0 saturated heterocycles. The van der Waals surface area contributed by atoms with Gasteiger partial charge >= 0.3 is 5.97 Å². The topological polar surface area (TPSA) is 102 Å². The summed E-state index contributed by atoms with van der Waals surface area (Å²) in [7, 11) is 1.29. The number of nitrogens with zero attached hydrogens (tertiary/aromatic N) is 2. The molecule has 8 heteroatoms. The Balaban J connectivity index is 1.87. The van der Waals surface area contributed by atoms with E-state index < -0.39 is 11.9 Å². The van der Waals surface area contributed by atoms with Crippen LogP contribution in [0.3, 0.4) is 0 Å². The largest absolute Gasteiger partial charge is 0.465 e. The van der Waals surface area contributed by atoms with E-state index in [1.165, 1.54) is 31.4 Å². The number of hydrogen-bond donors (Lipinski definition) is 2. The van der Waals surface area contributed by atoms with E-state index in [1.807, 2.05) is 6.92 Å². The van der Waals surface area contributed by atoms with Gasteiger partial charge in [0, 0.05) is 18.3 Å². The van der Waals surface area contributed by atoms with Crippen LogP contribution in [0, 0.1) is 0 Å². The van der Waals surface area contributed by atoms with E-state index >= 15 is 0 Å². The fourth-order valence-corrected chi connectivity index (χ4v) is 2.82. The van der Waals surface area contributed by atoms with E-state index in [9.17, 15) is 14.4 Å². The van der Waals surface area contributed by atoms with E-state index in [-0.39, 0.29) is 17.4 Å². The molecule has 0 unspecified atom stereocenters. The molecule has 2 N–H and O–H groups in total. The van der Waals surface area contributed by atoms with Crippen molar-refractivity contribution in [2.24, 2.45) is 0 Å². The summed E-state index contributed by atoms with van der Waals surface area (Å²) < 4.78 is 6.29. The van der Waals surface area contributed by atoms with E-state index in [1.54, 1.807) is 28.8 Å². The van der Waals surface area contributed by atoms with Crippen LogP contribution in [0.4, 0.5) is 5.82 Å². The van der Waals surface area contributed by atoms with Gasteiger partial charge in [-0.15, -0.1) is 0 Å². The number of amides is 2. The van der Waals surface area contributed by atoms with Crippen molar-refractivity contribution in [1.29, 1.82) is 0 Å². The monoisotopic (exact) mass is 394 g/mol. The minimum atomic E-state index is -0.483. The normalized spacial score (nSPS) is 10.6. The van der Waals surface area contributed by atoms with Gasteiger partial charge in [0.15, 0.2) is 11.5 Å². The highest BCUT2D eigenvalue weighted by Gasteiger charge is 2.21. The highest BCUT2D eigenvalue weighted by atomic mass is 16.5. The maximum atomic E-state index is 12.7. The van der Waals surface area contributed by atoms with Gasteiger partial charge in [-0.05, 0) is 42.8 Å². The molecular weight excluding hydrogens is 372 g/mol. The number of ether oxygens (including phenoxy) is 1. The summed E-state index contributed by atoms with van der Waals surface area (Å²) in [6, 6.07) is 11.4. The Kier molecular flexibility index (Phi) is 6.23. The van der Waals surface area contributed by atoms with Crippen LogP contribution in [0.25, 0.3) is 5.65 Å². The van der Waals surface area contributed by atoms with Crippen LogP contribution in [0.1, 0.15) is 51.0 Å². The van der Waals surface area contributed by atoms with Gasteiger partial charge in [0.05, 0.1) is 12.7 Å². The third-order valence-electron chi connectivity index (χ3n) is 4.36. The van der Waals surface area contributed by atoms with Crippen molar-refractivity contribution in [3.8, 4) is 0 Å². The van der Waals surface area contributed by atoms with Crippen LogP contribution in [0.2, 0.25) is 0 Å². The average Bonchev–Trinajstić information content (AvgIpc) is 3.11. The van der Waals surface area contributed by atoms with Crippen molar-refractivity contribution in [3.63, 3.8) is 0 Å². The number of anilines is 1. The third-order valence-corrected chi connectivity index (χ3v) is 4.36. The first-order valence-electron chi connectivity index (χ1n) is 9.30. The van der Waals surface area contributed by atoms with Gasteiger partial charge in [0.25, 0.3) is 11.8 Å². The molecule has 0 saturated carbocycles. The van der Waals surface area contributed by atoms with Gasteiger partial charge in [0.1, 0.15) is 5.65 Å². The highest BCUT2D eigenvalue weighted by molar-refractivity contribution is 6.08. The van der Waals surface area contributed by atoms with Crippen LogP contribution >= 0.6 is 0 Å². The number of aromatic nitrogens is 2. The number of carbonyl (C=O) groups excluding carboxylic acids is 3. The second kappa shape index (κ2) is 9.01. The number of methoxy groups -OCH3 is 1. The van der Waals surface area contributed by atoms with Gasteiger partial charge in [-0.3, -0.25) is 14.0 Å². The number of hydrogen-bond acceptors (Lipinski definition) is 5. The number of benzene rings is 1. The fraction of sp³-hybridized carbons (Fsp3) is 0.238. The minimum Gasteiger partial charge on any atom is -0.465 e. The molecule has 0 atom stereocenters. The SMILES string of the molecule is CCCCNC(=O)c1c(NC(=O)c2ccc(C(=O)OC)cc2)nc2ccccn12. The molecule has 2 aromatic heterocycles. The van der Waals surface area contributed by atoms with Gasteiger partial charge in [0.2, 0.25) is 0 Å². The second-order valence-corrected chi connectivity index (χ2v) is 6.37. The standard InChI is InChI=1S/C21H22N4O4/c1-3-4-12-22-20(27)17-18(23-16-7-5-6-13-25(16)17)24-19(26)14-8-10-15(11-9-14)21(28)29-2/h5-11,13H,3-4,12H2,1-2H3,(H,22,27)(H,24,26). The van der Waals surface area contributed by atoms with Crippen molar-refractivity contribution >= 4 is 29.2 Å². The predicted molar refractivity (Wildman–Crippen MR) is 108 cm³/mol. The number of nitrogens with one attached hydrogen (secondary N) is 2. The minimum absolute atomic E-state index is 0.173. The molecule has 29 heavy (non-hydrogen) atoms. The van der Waals surface area contributed by atoms with Gasteiger partial charge < -0.3 is 15.4 Å². The molecule has 150 valence electrons. The Morgan fingerprint density at radius 2 is 1.76 bits per heavy atom. The molecule has 0 bridgehead atoms. The number of imidazole rings is 1. The average molecular weight is 394 g/mol. The van der Waals surface area contributed by atoms with Crippen molar-refractivity contribution in [2.75, 3.05) is 19.0 Å². The van der Waals surface area contributed by atoms with Gasteiger partial charge in [-0.25, -0.2) is 9.78 Å². The molecule has 0 fully saturated rings. The van der Waals surface area contributed by atoms with Crippen molar-refractivity contribution < 1.29 is 19.1 Å². The smallest absolute Gasteiger partial charge is 0.337 e. The lowest BCUT2D eigenvalue weighted by Gasteiger charge is -2.08. The molecule has 0 aliphatic rings. The van der Waals surface area contributed by atoms with E-state index in [4.69, 9.17) is 0 Å². The number of carbonyl (C=O) groups is 3. The van der Waals surface area contributed by atoms with Crippen LogP contribution in [0.5, 0.6) is 0 Å². The Labute approximate surface area is 167 Å². The summed E-state index contributed by atoms with van der Waals surface area (Å²) in [4.78, 5) is 41.3. The van der Waals surface area contributed by atoms with Crippen molar-refractivity contribution in [1.82, 2.24) is 14.7 Å². The second-order valence-electron chi connectivity index (χ2n) is 6.37. The Bertz CT molecular complexity index is 1040. The zero-order chi connectivity index (χ0) is 20.8. The molecule has 0 spiro atoms. The Hall–Kier alpha value is -3.68. The first kappa shape index (κ1) is 20.1. The van der Waals surface area contributed by atoms with Crippen LogP contribution < -0.4 is 10.6 Å². The molecule has 3 rings (SSSR count). The van der Waals surface area contributed by atoms with Crippen LogP contribution in [-0.4, -0.2) is 40.8 Å². The Morgan fingerprint density at radius 3 is 2.45 bits per heavy atom. The summed E-state index contributed by atoms with van der Waals surface area (Å²) in [5, 5.41) is 5.56.